The minimum atomic E-state index is -0.944. The molecule has 21 heavy (non-hydrogen) atoms. The lowest BCUT2D eigenvalue weighted by molar-refractivity contribution is -0.132. The van der Waals surface area contributed by atoms with Crippen molar-refractivity contribution in [1.29, 1.82) is 0 Å². The van der Waals surface area contributed by atoms with Gasteiger partial charge >= 0.3 is 5.97 Å². The standard InChI is InChI=1S/C15H12N2O4/c18-12-7-5-10(6-8-12)14-17-16-13(21-14)9-1-3-11(4-2-9)15(19)20/h1,3-9,18H,2H2,(H,19,20). The fourth-order valence-corrected chi connectivity index (χ4v) is 2.07. The van der Waals surface area contributed by atoms with Crippen LogP contribution in [0.5, 0.6) is 5.75 Å². The van der Waals surface area contributed by atoms with E-state index in [0.29, 0.717) is 23.8 Å². The number of allylic oxidation sites excluding steroid dienone is 2. The second kappa shape index (κ2) is 5.24. The van der Waals surface area contributed by atoms with Crippen LogP contribution in [0.1, 0.15) is 18.2 Å². The Morgan fingerprint density at radius 1 is 1.24 bits per heavy atom. The second-order valence-corrected chi connectivity index (χ2v) is 4.66. The van der Waals surface area contributed by atoms with Crippen LogP contribution in [0, 0.1) is 0 Å². The van der Waals surface area contributed by atoms with Crippen molar-refractivity contribution in [3.05, 3.63) is 54.0 Å². The van der Waals surface area contributed by atoms with Crippen LogP contribution in [0.4, 0.5) is 0 Å². The summed E-state index contributed by atoms with van der Waals surface area (Å²) in [4.78, 5) is 10.8. The van der Waals surface area contributed by atoms with Gasteiger partial charge in [-0.05, 0) is 30.7 Å². The molecular formula is C15H12N2O4. The highest BCUT2D eigenvalue weighted by Crippen LogP contribution is 2.28. The van der Waals surface area contributed by atoms with Crippen LogP contribution < -0.4 is 0 Å². The normalized spacial score (nSPS) is 17.5. The molecule has 1 aromatic carbocycles. The van der Waals surface area contributed by atoms with Crippen molar-refractivity contribution in [3.8, 4) is 17.2 Å². The van der Waals surface area contributed by atoms with E-state index < -0.39 is 5.97 Å². The molecule has 2 N–H and O–H groups in total. The molecule has 1 atom stereocenters. The summed E-state index contributed by atoms with van der Waals surface area (Å²) in [5.41, 5.74) is 0.984. The molecule has 6 heteroatoms. The number of rotatable bonds is 3. The molecule has 106 valence electrons. The predicted octanol–water partition coefficient (Wildman–Crippen LogP) is 2.50. The summed E-state index contributed by atoms with van der Waals surface area (Å²) >= 11 is 0. The van der Waals surface area contributed by atoms with Crippen molar-refractivity contribution in [2.45, 2.75) is 12.3 Å². The Balaban J connectivity index is 1.79. The zero-order valence-corrected chi connectivity index (χ0v) is 10.9. The Labute approximate surface area is 120 Å². The molecule has 0 fully saturated rings. The highest BCUT2D eigenvalue weighted by Gasteiger charge is 2.20. The summed E-state index contributed by atoms with van der Waals surface area (Å²) in [5, 5.41) is 26.1. The Hall–Kier alpha value is -2.89. The van der Waals surface area contributed by atoms with Gasteiger partial charge in [-0.15, -0.1) is 10.2 Å². The van der Waals surface area contributed by atoms with Gasteiger partial charge in [0.1, 0.15) is 5.75 Å². The van der Waals surface area contributed by atoms with Gasteiger partial charge in [0.25, 0.3) is 0 Å². The van der Waals surface area contributed by atoms with Crippen LogP contribution in [0.2, 0.25) is 0 Å². The SMILES string of the molecule is O=C(O)C1=CCC(c2nnc(-c3ccc(O)cc3)o2)C=C1. The molecule has 1 unspecified atom stereocenters. The van der Waals surface area contributed by atoms with Gasteiger partial charge in [0.15, 0.2) is 0 Å². The number of benzene rings is 1. The number of carbonyl (C=O) groups is 1. The Morgan fingerprint density at radius 3 is 2.62 bits per heavy atom. The molecular weight excluding hydrogens is 272 g/mol. The van der Waals surface area contributed by atoms with E-state index in [1.54, 1.807) is 42.5 Å². The van der Waals surface area contributed by atoms with E-state index in [1.165, 1.54) is 0 Å². The number of aliphatic carboxylic acids is 1. The smallest absolute Gasteiger partial charge is 0.335 e. The first-order valence-electron chi connectivity index (χ1n) is 6.38. The maximum Gasteiger partial charge on any atom is 0.335 e. The number of aromatic hydroxyl groups is 1. The fraction of sp³-hybridized carbons (Fsp3) is 0.133. The van der Waals surface area contributed by atoms with Gasteiger partial charge in [0, 0.05) is 5.56 Å². The second-order valence-electron chi connectivity index (χ2n) is 4.66. The minimum Gasteiger partial charge on any atom is -0.508 e. The van der Waals surface area contributed by atoms with E-state index in [1.807, 2.05) is 0 Å². The molecule has 0 aliphatic heterocycles. The van der Waals surface area contributed by atoms with Crippen LogP contribution >= 0.6 is 0 Å². The quantitative estimate of drug-likeness (QED) is 0.898. The minimum absolute atomic E-state index is 0.119. The van der Waals surface area contributed by atoms with Crippen LogP contribution in [0.3, 0.4) is 0 Å². The first-order valence-corrected chi connectivity index (χ1v) is 6.38. The van der Waals surface area contributed by atoms with Gasteiger partial charge < -0.3 is 14.6 Å². The zero-order chi connectivity index (χ0) is 14.8. The van der Waals surface area contributed by atoms with Crippen molar-refractivity contribution in [2.24, 2.45) is 0 Å². The molecule has 2 aromatic rings. The molecule has 1 aromatic heterocycles. The van der Waals surface area contributed by atoms with E-state index in [9.17, 15) is 9.90 Å². The average molecular weight is 284 g/mol. The van der Waals surface area contributed by atoms with Gasteiger partial charge in [0.2, 0.25) is 11.8 Å². The summed E-state index contributed by atoms with van der Waals surface area (Å²) in [6.45, 7) is 0. The number of hydrogen-bond acceptors (Lipinski definition) is 5. The van der Waals surface area contributed by atoms with Gasteiger partial charge in [-0.25, -0.2) is 4.79 Å². The van der Waals surface area contributed by atoms with Crippen molar-refractivity contribution in [3.63, 3.8) is 0 Å². The lowest BCUT2D eigenvalue weighted by atomic mass is 9.97. The highest BCUT2D eigenvalue weighted by atomic mass is 16.4. The van der Waals surface area contributed by atoms with Gasteiger partial charge in [0.05, 0.1) is 11.5 Å². The van der Waals surface area contributed by atoms with E-state index in [2.05, 4.69) is 10.2 Å². The fourth-order valence-electron chi connectivity index (χ4n) is 2.07. The molecule has 1 aliphatic carbocycles. The molecule has 1 aliphatic rings. The monoisotopic (exact) mass is 284 g/mol. The molecule has 0 saturated carbocycles. The Kier molecular flexibility index (Phi) is 3.27. The summed E-state index contributed by atoms with van der Waals surface area (Å²) in [7, 11) is 0. The maximum absolute atomic E-state index is 10.8. The van der Waals surface area contributed by atoms with E-state index in [-0.39, 0.29) is 17.2 Å². The summed E-state index contributed by atoms with van der Waals surface area (Å²) in [6.07, 6.45) is 5.44. The number of nitrogens with zero attached hydrogens (tertiary/aromatic N) is 2. The first kappa shape index (κ1) is 13.1. The number of hydrogen-bond donors (Lipinski definition) is 2. The number of aromatic nitrogens is 2. The van der Waals surface area contributed by atoms with Crippen LogP contribution in [0.25, 0.3) is 11.5 Å². The number of carboxylic acid groups (broad SMARTS) is 1. The highest BCUT2D eigenvalue weighted by molar-refractivity contribution is 5.90. The van der Waals surface area contributed by atoms with Crippen molar-refractivity contribution in [2.75, 3.05) is 0 Å². The Morgan fingerprint density at radius 2 is 2.00 bits per heavy atom. The first-order chi connectivity index (χ1) is 10.1. The molecule has 6 nitrogen and oxygen atoms in total. The molecule has 3 rings (SSSR count). The average Bonchev–Trinajstić information content (AvgIpc) is 2.98. The summed E-state index contributed by atoms with van der Waals surface area (Å²) in [5.74, 6) is -0.0899. The molecule has 0 amide bonds. The van der Waals surface area contributed by atoms with E-state index >= 15 is 0 Å². The maximum atomic E-state index is 10.8. The topological polar surface area (TPSA) is 96.5 Å². The number of carboxylic acids is 1. The largest absolute Gasteiger partial charge is 0.508 e. The molecule has 0 spiro atoms. The zero-order valence-electron chi connectivity index (χ0n) is 10.9. The molecule has 0 saturated heterocycles. The van der Waals surface area contributed by atoms with Crippen LogP contribution in [0.15, 0.2) is 52.5 Å². The summed E-state index contributed by atoms with van der Waals surface area (Å²) < 4.78 is 5.61. The lowest BCUT2D eigenvalue weighted by Gasteiger charge is -2.10. The van der Waals surface area contributed by atoms with E-state index in [4.69, 9.17) is 9.52 Å². The van der Waals surface area contributed by atoms with Crippen molar-refractivity contribution >= 4 is 5.97 Å². The van der Waals surface area contributed by atoms with E-state index in [0.717, 1.165) is 0 Å². The Bertz CT molecular complexity index is 728. The van der Waals surface area contributed by atoms with Gasteiger partial charge in [-0.1, -0.05) is 18.2 Å². The van der Waals surface area contributed by atoms with Crippen molar-refractivity contribution < 1.29 is 19.4 Å². The lowest BCUT2D eigenvalue weighted by Crippen LogP contribution is -2.05. The third-order valence-corrected chi connectivity index (χ3v) is 3.22. The molecule has 1 heterocycles. The molecule has 0 radical (unpaired) electrons. The van der Waals surface area contributed by atoms with Gasteiger partial charge in [-0.3, -0.25) is 0 Å². The third kappa shape index (κ3) is 2.69. The number of phenolic OH excluding ortho intramolecular Hbond substituents is 1. The van der Waals surface area contributed by atoms with Crippen LogP contribution in [-0.2, 0) is 4.79 Å². The van der Waals surface area contributed by atoms with Gasteiger partial charge in [-0.2, -0.15) is 0 Å². The molecule has 0 bridgehead atoms. The van der Waals surface area contributed by atoms with Crippen LogP contribution in [-0.4, -0.2) is 26.4 Å². The summed E-state index contributed by atoms with van der Waals surface area (Å²) in [6, 6.07) is 6.46. The van der Waals surface area contributed by atoms with Crippen molar-refractivity contribution in [1.82, 2.24) is 10.2 Å². The number of phenols is 1. The third-order valence-electron chi connectivity index (χ3n) is 3.22. The predicted molar refractivity (Wildman–Crippen MR) is 73.6 cm³/mol.